The minimum atomic E-state index is -0.492. The molecule has 3 N–H and O–H groups in total. The Hall–Kier alpha value is -1.99. The van der Waals surface area contributed by atoms with Crippen LogP contribution in [0.4, 0.5) is 4.79 Å². The van der Waals surface area contributed by atoms with Gasteiger partial charge in [0.05, 0.1) is 12.6 Å². The topological polar surface area (TPSA) is 95.1 Å². The first-order valence-electron chi connectivity index (χ1n) is 8.16. The van der Waals surface area contributed by atoms with Crippen molar-refractivity contribution in [3.8, 4) is 0 Å². The second-order valence-electron chi connectivity index (χ2n) is 7.95. The fourth-order valence-electron chi connectivity index (χ4n) is 2.06. The number of ether oxygens (including phenoxy) is 1. The average molecular weight is 341 g/mol. The van der Waals surface area contributed by atoms with Crippen molar-refractivity contribution < 1.29 is 14.3 Å². The zero-order valence-electron chi connectivity index (χ0n) is 15.8. The molecule has 1 aliphatic rings. The fourth-order valence-corrected chi connectivity index (χ4v) is 2.06. The van der Waals surface area contributed by atoms with E-state index in [4.69, 9.17) is 4.74 Å². The highest BCUT2D eigenvalue weighted by atomic mass is 16.6. The SMILES string of the molecule is CN=C(NCC(=O)NC(C)(C)C)NC1CN(C(=O)OC(C)(C)C)C1. The highest BCUT2D eigenvalue weighted by Gasteiger charge is 2.34. The molecule has 8 nitrogen and oxygen atoms in total. The third-order valence-electron chi connectivity index (χ3n) is 3.03. The van der Waals surface area contributed by atoms with E-state index in [1.807, 2.05) is 41.5 Å². The summed E-state index contributed by atoms with van der Waals surface area (Å²) in [6.07, 6.45) is -0.312. The summed E-state index contributed by atoms with van der Waals surface area (Å²) in [5, 5.41) is 9.01. The Labute approximate surface area is 144 Å². The Kier molecular flexibility index (Phi) is 6.45. The van der Waals surface area contributed by atoms with Crippen molar-refractivity contribution in [1.29, 1.82) is 0 Å². The van der Waals surface area contributed by atoms with Gasteiger partial charge in [-0.05, 0) is 41.5 Å². The van der Waals surface area contributed by atoms with Crippen LogP contribution >= 0.6 is 0 Å². The third-order valence-corrected chi connectivity index (χ3v) is 3.03. The van der Waals surface area contributed by atoms with Crippen LogP contribution in [0, 0.1) is 0 Å². The van der Waals surface area contributed by atoms with Crippen LogP contribution in [-0.2, 0) is 9.53 Å². The zero-order valence-corrected chi connectivity index (χ0v) is 15.8. The Balaban J connectivity index is 2.32. The van der Waals surface area contributed by atoms with Crippen molar-refractivity contribution in [3.05, 3.63) is 0 Å². The highest BCUT2D eigenvalue weighted by molar-refractivity contribution is 5.87. The number of nitrogens with zero attached hydrogens (tertiary/aromatic N) is 2. The van der Waals surface area contributed by atoms with Gasteiger partial charge in [-0.1, -0.05) is 0 Å². The summed E-state index contributed by atoms with van der Waals surface area (Å²) in [7, 11) is 1.64. The normalized spacial score (nSPS) is 16.3. The summed E-state index contributed by atoms with van der Waals surface area (Å²) in [5.41, 5.74) is -0.759. The number of hydrogen-bond acceptors (Lipinski definition) is 4. The molecule has 1 rings (SSSR count). The van der Waals surface area contributed by atoms with Gasteiger partial charge in [0.15, 0.2) is 5.96 Å². The quantitative estimate of drug-likeness (QED) is 0.518. The Bertz CT molecular complexity index is 485. The first kappa shape index (κ1) is 20.1. The lowest BCUT2D eigenvalue weighted by Gasteiger charge is -2.40. The monoisotopic (exact) mass is 341 g/mol. The minimum absolute atomic E-state index is 0.0920. The number of rotatable bonds is 3. The molecule has 138 valence electrons. The number of carbonyl (C=O) groups is 2. The van der Waals surface area contributed by atoms with E-state index in [1.165, 1.54) is 0 Å². The smallest absolute Gasteiger partial charge is 0.410 e. The molecule has 0 bridgehead atoms. The predicted molar refractivity (Wildman–Crippen MR) is 94.0 cm³/mol. The number of carbonyl (C=O) groups excluding carboxylic acids is 2. The lowest BCUT2D eigenvalue weighted by atomic mass is 10.1. The lowest BCUT2D eigenvalue weighted by Crippen LogP contribution is -2.63. The summed E-state index contributed by atoms with van der Waals surface area (Å²) in [6.45, 7) is 12.5. The molecule has 8 heteroatoms. The molecule has 1 heterocycles. The van der Waals surface area contributed by atoms with Gasteiger partial charge < -0.3 is 25.6 Å². The highest BCUT2D eigenvalue weighted by Crippen LogP contribution is 2.15. The maximum Gasteiger partial charge on any atom is 0.410 e. The Morgan fingerprint density at radius 1 is 1.17 bits per heavy atom. The van der Waals surface area contributed by atoms with Gasteiger partial charge in [-0.15, -0.1) is 0 Å². The number of hydrogen-bond donors (Lipinski definition) is 3. The molecule has 1 fully saturated rings. The third kappa shape index (κ3) is 7.52. The van der Waals surface area contributed by atoms with Crippen LogP contribution in [-0.4, -0.2) is 66.7 Å². The average Bonchev–Trinajstić information content (AvgIpc) is 2.32. The van der Waals surface area contributed by atoms with Gasteiger partial charge in [0.1, 0.15) is 5.60 Å². The van der Waals surface area contributed by atoms with Crippen LogP contribution in [0.25, 0.3) is 0 Å². The summed E-state index contributed by atoms with van der Waals surface area (Å²) >= 11 is 0. The van der Waals surface area contributed by atoms with Crippen LogP contribution in [0.15, 0.2) is 4.99 Å². The number of nitrogens with one attached hydrogen (secondary N) is 3. The molecule has 0 aromatic rings. The van der Waals surface area contributed by atoms with Gasteiger partial charge in [-0.2, -0.15) is 0 Å². The van der Waals surface area contributed by atoms with E-state index in [0.29, 0.717) is 19.0 Å². The van der Waals surface area contributed by atoms with Crippen molar-refractivity contribution in [1.82, 2.24) is 20.9 Å². The van der Waals surface area contributed by atoms with Gasteiger partial charge in [0.25, 0.3) is 0 Å². The van der Waals surface area contributed by atoms with E-state index in [2.05, 4.69) is 20.9 Å². The first-order chi connectivity index (χ1) is 10.9. The summed E-state index contributed by atoms with van der Waals surface area (Å²) in [4.78, 5) is 29.4. The molecule has 0 unspecified atom stereocenters. The fraction of sp³-hybridized carbons (Fsp3) is 0.812. The second-order valence-corrected chi connectivity index (χ2v) is 7.95. The predicted octanol–water partition coefficient (Wildman–Crippen LogP) is 0.685. The molecule has 0 aromatic carbocycles. The van der Waals surface area contributed by atoms with Crippen molar-refractivity contribution in [2.75, 3.05) is 26.7 Å². The number of aliphatic imine (C=N–C) groups is 1. The van der Waals surface area contributed by atoms with Crippen LogP contribution in [0.3, 0.4) is 0 Å². The van der Waals surface area contributed by atoms with E-state index in [-0.39, 0.29) is 30.1 Å². The van der Waals surface area contributed by atoms with E-state index < -0.39 is 5.60 Å². The van der Waals surface area contributed by atoms with E-state index in [9.17, 15) is 9.59 Å². The van der Waals surface area contributed by atoms with Crippen LogP contribution < -0.4 is 16.0 Å². The number of guanidine groups is 1. The molecule has 2 amide bonds. The number of amides is 2. The molecule has 0 saturated carbocycles. The van der Waals surface area contributed by atoms with Crippen LogP contribution in [0.1, 0.15) is 41.5 Å². The van der Waals surface area contributed by atoms with Gasteiger partial charge >= 0.3 is 6.09 Å². The molecule has 0 atom stereocenters. The molecule has 0 aromatic heterocycles. The second kappa shape index (κ2) is 7.72. The van der Waals surface area contributed by atoms with Crippen LogP contribution in [0.5, 0.6) is 0 Å². The van der Waals surface area contributed by atoms with Gasteiger partial charge in [-0.3, -0.25) is 9.79 Å². The minimum Gasteiger partial charge on any atom is -0.444 e. The molecule has 0 radical (unpaired) electrons. The molecule has 0 spiro atoms. The summed E-state index contributed by atoms with van der Waals surface area (Å²) in [6, 6.07) is 0.0920. The Morgan fingerprint density at radius 3 is 2.21 bits per heavy atom. The summed E-state index contributed by atoms with van der Waals surface area (Å²) in [5.74, 6) is 0.433. The maximum atomic E-state index is 11.9. The van der Waals surface area contributed by atoms with Gasteiger partial charge in [-0.25, -0.2) is 4.79 Å². The van der Waals surface area contributed by atoms with Crippen molar-refractivity contribution in [3.63, 3.8) is 0 Å². The molecule has 24 heavy (non-hydrogen) atoms. The van der Waals surface area contributed by atoms with E-state index in [0.717, 1.165) is 0 Å². The first-order valence-corrected chi connectivity index (χ1v) is 8.16. The molecular formula is C16H31N5O3. The maximum absolute atomic E-state index is 11.9. The molecule has 1 aliphatic heterocycles. The van der Waals surface area contributed by atoms with Gasteiger partial charge in [0.2, 0.25) is 5.91 Å². The molecule has 0 aliphatic carbocycles. The standard InChI is InChI=1S/C16H31N5O3/c1-15(2,3)20-12(22)8-18-13(17-7)19-11-9-21(10-11)14(23)24-16(4,5)6/h11H,8-10H2,1-7H3,(H,20,22)(H2,17,18,19). The van der Waals surface area contributed by atoms with Crippen molar-refractivity contribution in [2.45, 2.75) is 58.7 Å². The zero-order chi connectivity index (χ0) is 18.5. The Morgan fingerprint density at radius 2 is 1.75 bits per heavy atom. The lowest BCUT2D eigenvalue weighted by molar-refractivity contribution is -0.121. The van der Waals surface area contributed by atoms with Crippen molar-refractivity contribution >= 4 is 18.0 Å². The van der Waals surface area contributed by atoms with Crippen molar-refractivity contribution in [2.24, 2.45) is 4.99 Å². The van der Waals surface area contributed by atoms with Gasteiger partial charge in [0, 0.05) is 25.7 Å². The largest absolute Gasteiger partial charge is 0.444 e. The van der Waals surface area contributed by atoms with E-state index >= 15 is 0 Å². The van der Waals surface area contributed by atoms with E-state index in [1.54, 1.807) is 11.9 Å². The summed E-state index contributed by atoms with van der Waals surface area (Å²) < 4.78 is 5.31. The molecular weight excluding hydrogens is 310 g/mol. The number of likely N-dealkylation sites (tertiary alicyclic amines) is 1. The van der Waals surface area contributed by atoms with Crippen LogP contribution in [0.2, 0.25) is 0 Å². The molecule has 1 saturated heterocycles.